The largest absolute Gasteiger partial charge is 0.494 e. The van der Waals surface area contributed by atoms with Crippen molar-refractivity contribution in [3.05, 3.63) is 28.6 Å². The van der Waals surface area contributed by atoms with Crippen molar-refractivity contribution >= 4 is 27.7 Å². The van der Waals surface area contributed by atoms with E-state index in [2.05, 4.69) is 0 Å². The van der Waals surface area contributed by atoms with Gasteiger partial charge < -0.3 is 4.74 Å². The minimum atomic E-state index is 0.664. The van der Waals surface area contributed by atoms with Gasteiger partial charge in [0.15, 0.2) is 6.29 Å². The van der Waals surface area contributed by atoms with Crippen LogP contribution in [0, 0.1) is 6.92 Å². The monoisotopic (exact) mass is 206 g/mol. The molecule has 2 aromatic rings. The van der Waals surface area contributed by atoms with Crippen LogP contribution in [0.2, 0.25) is 0 Å². The van der Waals surface area contributed by atoms with Crippen molar-refractivity contribution in [1.29, 1.82) is 0 Å². The van der Waals surface area contributed by atoms with Crippen LogP contribution in [0.1, 0.15) is 15.2 Å². The van der Waals surface area contributed by atoms with Gasteiger partial charge in [0.2, 0.25) is 0 Å². The topological polar surface area (TPSA) is 26.3 Å². The lowest BCUT2D eigenvalue weighted by molar-refractivity contribution is 0.112. The number of carbonyl (C=O) groups excluding carboxylic acids is 1. The lowest BCUT2D eigenvalue weighted by Gasteiger charge is -2.00. The van der Waals surface area contributed by atoms with Crippen LogP contribution in [0.3, 0.4) is 0 Å². The Kier molecular flexibility index (Phi) is 2.25. The Morgan fingerprint density at radius 2 is 2.21 bits per heavy atom. The molecule has 1 aromatic carbocycles. The molecular weight excluding hydrogens is 196 g/mol. The van der Waals surface area contributed by atoms with Crippen molar-refractivity contribution in [3.63, 3.8) is 0 Å². The van der Waals surface area contributed by atoms with Crippen LogP contribution >= 0.6 is 11.3 Å². The lowest BCUT2D eigenvalue weighted by atomic mass is 10.1. The molecule has 0 atom stereocenters. The Morgan fingerprint density at radius 3 is 2.86 bits per heavy atom. The quantitative estimate of drug-likeness (QED) is 0.706. The number of rotatable bonds is 2. The average molecular weight is 206 g/mol. The van der Waals surface area contributed by atoms with E-state index in [0.29, 0.717) is 10.6 Å². The van der Waals surface area contributed by atoms with Crippen LogP contribution in [0.15, 0.2) is 18.2 Å². The molecule has 1 heterocycles. The van der Waals surface area contributed by atoms with E-state index in [1.165, 1.54) is 11.3 Å². The molecule has 2 nitrogen and oxygen atoms in total. The fourth-order valence-electron chi connectivity index (χ4n) is 1.59. The fraction of sp³-hybridized carbons (Fsp3) is 0.182. The Balaban J connectivity index is 2.88. The predicted molar refractivity (Wildman–Crippen MR) is 58.5 cm³/mol. The van der Waals surface area contributed by atoms with Crippen molar-refractivity contribution in [3.8, 4) is 5.75 Å². The summed E-state index contributed by atoms with van der Waals surface area (Å²) in [5.74, 6) is 0.707. The van der Waals surface area contributed by atoms with E-state index < -0.39 is 0 Å². The number of fused-ring (bicyclic) bond motifs is 1. The van der Waals surface area contributed by atoms with Crippen molar-refractivity contribution < 1.29 is 9.53 Å². The van der Waals surface area contributed by atoms with Gasteiger partial charge in [0.1, 0.15) is 10.6 Å². The van der Waals surface area contributed by atoms with E-state index in [0.717, 1.165) is 21.9 Å². The maximum absolute atomic E-state index is 10.8. The number of thiophene rings is 1. The number of hydrogen-bond acceptors (Lipinski definition) is 3. The SMILES string of the molecule is COc1c(C=O)sc2cccc(C)c12. The smallest absolute Gasteiger partial charge is 0.163 e. The molecule has 0 aliphatic carbocycles. The number of hydrogen-bond donors (Lipinski definition) is 0. The molecule has 0 amide bonds. The van der Waals surface area contributed by atoms with Gasteiger partial charge in [-0.1, -0.05) is 12.1 Å². The number of aldehydes is 1. The molecule has 0 fully saturated rings. The van der Waals surface area contributed by atoms with Crippen molar-refractivity contribution in [2.75, 3.05) is 7.11 Å². The lowest BCUT2D eigenvalue weighted by Crippen LogP contribution is -1.85. The summed E-state index contributed by atoms with van der Waals surface area (Å²) >= 11 is 1.47. The molecule has 0 saturated carbocycles. The first-order chi connectivity index (χ1) is 6.77. The van der Waals surface area contributed by atoms with Crippen LogP contribution in [0.5, 0.6) is 5.75 Å². The molecule has 0 aliphatic rings. The van der Waals surface area contributed by atoms with Crippen LogP contribution in [-0.2, 0) is 0 Å². The summed E-state index contributed by atoms with van der Waals surface area (Å²) in [5, 5.41) is 1.06. The van der Waals surface area contributed by atoms with Gasteiger partial charge in [0.05, 0.1) is 7.11 Å². The number of benzene rings is 1. The summed E-state index contributed by atoms with van der Waals surface area (Å²) in [6, 6.07) is 6.01. The molecule has 0 aliphatic heterocycles. The molecular formula is C11H10O2S. The molecule has 72 valence electrons. The van der Waals surface area contributed by atoms with Crippen LogP contribution < -0.4 is 4.74 Å². The van der Waals surface area contributed by atoms with E-state index in [9.17, 15) is 4.79 Å². The average Bonchev–Trinajstić information content (AvgIpc) is 2.56. The van der Waals surface area contributed by atoms with E-state index in [4.69, 9.17) is 4.74 Å². The molecule has 0 N–H and O–H groups in total. The molecule has 14 heavy (non-hydrogen) atoms. The molecule has 0 saturated heterocycles. The minimum absolute atomic E-state index is 0.664. The Hall–Kier alpha value is -1.35. The number of carbonyl (C=O) groups is 1. The number of methoxy groups -OCH3 is 1. The van der Waals surface area contributed by atoms with Crippen molar-refractivity contribution in [1.82, 2.24) is 0 Å². The van der Waals surface area contributed by atoms with Gasteiger partial charge >= 0.3 is 0 Å². The first kappa shape index (κ1) is 9.21. The Bertz CT molecular complexity index is 485. The maximum atomic E-state index is 10.8. The van der Waals surface area contributed by atoms with Gasteiger partial charge in [-0.25, -0.2) is 0 Å². The molecule has 0 bridgehead atoms. The molecule has 0 radical (unpaired) electrons. The van der Waals surface area contributed by atoms with Crippen molar-refractivity contribution in [2.45, 2.75) is 6.92 Å². The van der Waals surface area contributed by atoms with E-state index in [-0.39, 0.29) is 0 Å². The third-order valence-electron chi connectivity index (χ3n) is 2.22. The highest BCUT2D eigenvalue weighted by atomic mass is 32.1. The highest BCUT2D eigenvalue weighted by molar-refractivity contribution is 7.21. The van der Waals surface area contributed by atoms with E-state index >= 15 is 0 Å². The third kappa shape index (κ3) is 1.21. The van der Waals surface area contributed by atoms with Gasteiger partial charge in [0, 0.05) is 10.1 Å². The van der Waals surface area contributed by atoms with Gasteiger partial charge in [0.25, 0.3) is 0 Å². The standard InChI is InChI=1S/C11H10O2S/c1-7-4-3-5-8-10(7)11(13-2)9(6-12)14-8/h3-6H,1-2H3. The summed E-state index contributed by atoms with van der Waals surface area (Å²) in [4.78, 5) is 11.5. The highest BCUT2D eigenvalue weighted by Gasteiger charge is 2.13. The molecule has 2 rings (SSSR count). The van der Waals surface area contributed by atoms with Crippen LogP contribution in [0.4, 0.5) is 0 Å². The molecule has 0 spiro atoms. The van der Waals surface area contributed by atoms with Crippen LogP contribution in [0.25, 0.3) is 10.1 Å². The van der Waals surface area contributed by atoms with Crippen LogP contribution in [-0.4, -0.2) is 13.4 Å². The van der Waals surface area contributed by atoms with Gasteiger partial charge in [-0.05, 0) is 18.6 Å². The first-order valence-electron chi connectivity index (χ1n) is 4.29. The molecule has 1 aromatic heterocycles. The Labute approximate surface area is 86.1 Å². The van der Waals surface area contributed by atoms with Gasteiger partial charge in [-0.3, -0.25) is 4.79 Å². The summed E-state index contributed by atoms with van der Waals surface area (Å²) in [6.45, 7) is 2.02. The summed E-state index contributed by atoms with van der Waals surface area (Å²) in [5.41, 5.74) is 1.14. The van der Waals surface area contributed by atoms with E-state index in [1.807, 2.05) is 25.1 Å². The summed E-state index contributed by atoms with van der Waals surface area (Å²) in [6.07, 6.45) is 0.850. The zero-order valence-electron chi connectivity index (χ0n) is 8.03. The second kappa shape index (κ2) is 3.42. The van der Waals surface area contributed by atoms with Gasteiger partial charge in [-0.2, -0.15) is 0 Å². The number of aryl methyl sites for hydroxylation is 1. The Morgan fingerprint density at radius 1 is 1.43 bits per heavy atom. The second-order valence-corrected chi connectivity index (χ2v) is 4.15. The summed E-state index contributed by atoms with van der Waals surface area (Å²) < 4.78 is 6.35. The minimum Gasteiger partial charge on any atom is -0.494 e. The second-order valence-electron chi connectivity index (χ2n) is 3.07. The molecule has 0 unspecified atom stereocenters. The fourth-order valence-corrected chi connectivity index (χ4v) is 2.65. The van der Waals surface area contributed by atoms with E-state index in [1.54, 1.807) is 7.11 Å². The predicted octanol–water partition coefficient (Wildman–Crippen LogP) is 3.03. The number of ether oxygens (including phenoxy) is 1. The first-order valence-corrected chi connectivity index (χ1v) is 5.11. The third-order valence-corrected chi connectivity index (χ3v) is 3.28. The summed E-state index contributed by atoms with van der Waals surface area (Å²) in [7, 11) is 1.60. The maximum Gasteiger partial charge on any atom is 0.163 e. The zero-order chi connectivity index (χ0) is 10.1. The van der Waals surface area contributed by atoms with Crippen molar-refractivity contribution in [2.24, 2.45) is 0 Å². The van der Waals surface area contributed by atoms with Gasteiger partial charge in [-0.15, -0.1) is 11.3 Å². The normalized spacial score (nSPS) is 10.4. The highest BCUT2D eigenvalue weighted by Crippen LogP contribution is 2.38. The zero-order valence-corrected chi connectivity index (χ0v) is 8.85. The molecule has 3 heteroatoms.